The summed E-state index contributed by atoms with van der Waals surface area (Å²) < 4.78 is 0. The van der Waals surface area contributed by atoms with Gasteiger partial charge in [-0.05, 0) is 13.3 Å². The predicted molar refractivity (Wildman–Crippen MR) is 61.8 cm³/mol. The lowest BCUT2D eigenvalue weighted by Crippen LogP contribution is -2.49. The van der Waals surface area contributed by atoms with Crippen molar-refractivity contribution in [2.24, 2.45) is 0 Å². The van der Waals surface area contributed by atoms with Crippen molar-refractivity contribution in [2.45, 2.75) is 32.7 Å². The standard InChI is InChI=1S/C11H23N3O/c1-3-4-10(2)13-9-11(15)14-7-5-12-6-8-14/h10,12-13H,3-9H2,1-2H3. The molecule has 0 aromatic rings. The summed E-state index contributed by atoms with van der Waals surface area (Å²) in [4.78, 5) is 13.7. The maximum absolute atomic E-state index is 11.7. The minimum Gasteiger partial charge on any atom is -0.339 e. The molecular weight excluding hydrogens is 190 g/mol. The number of rotatable bonds is 5. The lowest BCUT2D eigenvalue weighted by molar-refractivity contribution is -0.130. The van der Waals surface area contributed by atoms with Gasteiger partial charge in [0.25, 0.3) is 0 Å². The summed E-state index contributed by atoms with van der Waals surface area (Å²) in [5, 5.41) is 6.51. The Kier molecular flexibility index (Phi) is 5.65. The van der Waals surface area contributed by atoms with Crippen LogP contribution >= 0.6 is 0 Å². The molecule has 1 unspecified atom stereocenters. The third-order valence-electron chi connectivity index (χ3n) is 2.79. The number of carbonyl (C=O) groups is 1. The van der Waals surface area contributed by atoms with E-state index in [4.69, 9.17) is 0 Å². The first-order valence-corrected chi connectivity index (χ1v) is 5.96. The molecule has 1 rings (SSSR count). The van der Waals surface area contributed by atoms with Gasteiger partial charge in [0.05, 0.1) is 6.54 Å². The Labute approximate surface area is 92.4 Å². The molecule has 1 atom stereocenters. The van der Waals surface area contributed by atoms with Gasteiger partial charge < -0.3 is 15.5 Å². The van der Waals surface area contributed by atoms with Crippen molar-refractivity contribution in [3.05, 3.63) is 0 Å². The van der Waals surface area contributed by atoms with Gasteiger partial charge in [0.1, 0.15) is 0 Å². The van der Waals surface area contributed by atoms with E-state index < -0.39 is 0 Å². The van der Waals surface area contributed by atoms with Gasteiger partial charge in [-0.15, -0.1) is 0 Å². The van der Waals surface area contributed by atoms with E-state index >= 15 is 0 Å². The second-order valence-corrected chi connectivity index (χ2v) is 4.20. The van der Waals surface area contributed by atoms with Gasteiger partial charge in [0, 0.05) is 32.2 Å². The van der Waals surface area contributed by atoms with Crippen molar-refractivity contribution in [3.63, 3.8) is 0 Å². The van der Waals surface area contributed by atoms with Crippen LogP contribution in [0.25, 0.3) is 0 Å². The van der Waals surface area contributed by atoms with Crippen molar-refractivity contribution in [2.75, 3.05) is 32.7 Å². The number of nitrogens with one attached hydrogen (secondary N) is 2. The SMILES string of the molecule is CCCC(C)NCC(=O)N1CCNCC1. The van der Waals surface area contributed by atoms with Crippen LogP contribution in [0.4, 0.5) is 0 Å². The number of hydrogen-bond acceptors (Lipinski definition) is 3. The van der Waals surface area contributed by atoms with Crippen LogP contribution in [0.2, 0.25) is 0 Å². The van der Waals surface area contributed by atoms with E-state index in [0.29, 0.717) is 12.6 Å². The van der Waals surface area contributed by atoms with Gasteiger partial charge in [-0.2, -0.15) is 0 Å². The molecule has 0 saturated carbocycles. The number of hydrogen-bond donors (Lipinski definition) is 2. The minimum atomic E-state index is 0.236. The van der Waals surface area contributed by atoms with Gasteiger partial charge in [0.2, 0.25) is 5.91 Å². The predicted octanol–water partition coefficient (Wildman–Crippen LogP) is 0.196. The second kappa shape index (κ2) is 6.80. The summed E-state index contributed by atoms with van der Waals surface area (Å²) >= 11 is 0. The highest BCUT2D eigenvalue weighted by molar-refractivity contribution is 5.78. The van der Waals surface area contributed by atoms with Crippen LogP contribution in [0.15, 0.2) is 0 Å². The smallest absolute Gasteiger partial charge is 0.236 e. The van der Waals surface area contributed by atoms with Crippen molar-refractivity contribution in [3.8, 4) is 0 Å². The van der Waals surface area contributed by atoms with Crippen LogP contribution in [0, 0.1) is 0 Å². The lowest BCUT2D eigenvalue weighted by atomic mass is 10.2. The monoisotopic (exact) mass is 213 g/mol. The van der Waals surface area contributed by atoms with Crippen LogP contribution in [-0.4, -0.2) is 49.6 Å². The molecule has 0 aromatic carbocycles. The topological polar surface area (TPSA) is 44.4 Å². The molecule has 1 aliphatic rings. The summed E-state index contributed by atoms with van der Waals surface area (Å²) in [5.74, 6) is 0.236. The fourth-order valence-electron chi connectivity index (χ4n) is 1.82. The molecule has 1 saturated heterocycles. The highest BCUT2D eigenvalue weighted by Crippen LogP contribution is 1.96. The summed E-state index contributed by atoms with van der Waals surface area (Å²) in [5.41, 5.74) is 0. The van der Waals surface area contributed by atoms with Crippen LogP contribution in [0.1, 0.15) is 26.7 Å². The van der Waals surface area contributed by atoms with Crippen LogP contribution < -0.4 is 10.6 Å². The Hall–Kier alpha value is -0.610. The van der Waals surface area contributed by atoms with Crippen molar-refractivity contribution in [1.29, 1.82) is 0 Å². The van der Waals surface area contributed by atoms with Gasteiger partial charge in [-0.1, -0.05) is 13.3 Å². The average molecular weight is 213 g/mol. The van der Waals surface area contributed by atoms with E-state index in [1.54, 1.807) is 0 Å². The van der Waals surface area contributed by atoms with E-state index in [1.165, 1.54) is 0 Å². The molecule has 1 fully saturated rings. The summed E-state index contributed by atoms with van der Waals surface area (Å²) in [6, 6.07) is 0.446. The Bertz CT molecular complexity index is 190. The lowest BCUT2D eigenvalue weighted by Gasteiger charge is -2.28. The molecule has 0 aliphatic carbocycles. The molecule has 0 radical (unpaired) electrons. The van der Waals surface area contributed by atoms with E-state index in [0.717, 1.165) is 39.0 Å². The molecular formula is C11H23N3O. The average Bonchev–Trinajstić information content (AvgIpc) is 2.27. The molecule has 4 heteroatoms. The Balaban J connectivity index is 2.16. The molecule has 0 aromatic heterocycles. The minimum absolute atomic E-state index is 0.236. The highest BCUT2D eigenvalue weighted by atomic mass is 16.2. The maximum atomic E-state index is 11.7. The number of carbonyl (C=O) groups excluding carboxylic acids is 1. The third kappa shape index (κ3) is 4.62. The molecule has 0 bridgehead atoms. The third-order valence-corrected chi connectivity index (χ3v) is 2.79. The molecule has 88 valence electrons. The van der Waals surface area contributed by atoms with Crippen LogP contribution in [-0.2, 0) is 4.79 Å². The normalized spacial score (nSPS) is 18.9. The maximum Gasteiger partial charge on any atom is 0.236 e. The van der Waals surface area contributed by atoms with Crippen molar-refractivity contribution in [1.82, 2.24) is 15.5 Å². The Morgan fingerprint density at radius 2 is 2.13 bits per heavy atom. The van der Waals surface area contributed by atoms with Gasteiger partial charge in [-0.3, -0.25) is 4.79 Å². The first-order valence-electron chi connectivity index (χ1n) is 5.96. The fraction of sp³-hybridized carbons (Fsp3) is 0.909. The zero-order valence-electron chi connectivity index (χ0n) is 9.88. The number of nitrogens with zero attached hydrogens (tertiary/aromatic N) is 1. The summed E-state index contributed by atoms with van der Waals surface area (Å²) in [7, 11) is 0. The highest BCUT2D eigenvalue weighted by Gasteiger charge is 2.15. The number of amides is 1. The summed E-state index contributed by atoms with van der Waals surface area (Å²) in [6.45, 7) is 8.34. The summed E-state index contributed by atoms with van der Waals surface area (Å²) in [6.07, 6.45) is 2.30. The Morgan fingerprint density at radius 1 is 1.47 bits per heavy atom. The fourth-order valence-corrected chi connectivity index (χ4v) is 1.82. The largest absolute Gasteiger partial charge is 0.339 e. The number of piperazine rings is 1. The van der Waals surface area contributed by atoms with Gasteiger partial charge >= 0.3 is 0 Å². The molecule has 1 amide bonds. The van der Waals surface area contributed by atoms with E-state index in [9.17, 15) is 4.79 Å². The molecule has 0 spiro atoms. The molecule has 1 heterocycles. The van der Waals surface area contributed by atoms with Crippen molar-refractivity contribution < 1.29 is 4.79 Å². The molecule has 1 aliphatic heterocycles. The quantitative estimate of drug-likeness (QED) is 0.685. The zero-order chi connectivity index (χ0) is 11.1. The molecule has 2 N–H and O–H groups in total. The van der Waals surface area contributed by atoms with Gasteiger partial charge in [0.15, 0.2) is 0 Å². The van der Waals surface area contributed by atoms with E-state index in [1.807, 2.05) is 4.90 Å². The molecule has 15 heavy (non-hydrogen) atoms. The van der Waals surface area contributed by atoms with Crippen LogP contribution in [0.3, 0.4) is 0 Å². The zero-order valence-corrected chi connectivity index (χ0v) is 9.88. The molecule has 4 nitrogen and oxygen atoms in total. The first kappa shape index (κ1) is 12.5. The Morgan fingerprint density at radius 3 is 2.73 bits per heavy atom. The second-order valence-electron chi connectivity index (χ2n) is 4.20. The van der Waals surface area contributed by atoms with Gasteiger partial charge in [-0.25, -0.2) is 0 Å². The first-order chi connectivity index (χ1) is 7.24. The van der Waals surface area contributed by atoms with Crippen molar-refractivity contribution >= 4 is 5.91 Å². The van der Waals surface area contributed by atoms with Crippen LogP contribution in [0.5, 0.6) is 0 Å². The van der Waals surface area contributed by atoms with E-state index in [-0.39, 0.29) is 5.91 Å². The van der Waals surface area contributed by atoms with E-state index in [2.05, 4.69) is 24.5 Å².